The summed E-state index contributed by atoms with van der Waals surface area (Å²) in [6.07, 6.45) is 1.41. The Morgan fingerprint density at radius 2 is 1.42 bits per heavy atom. The first-order valence-electron chi connectivity index (χ1n) is 10.7. The van der Waals surface area contributed by atoms with Crippen LogP contribution >= 0.6 is 0 Å². The van der Waals surface area contributed by atoms with E-state index < -0.39 is 22.0 Å². The highest BCUT2D eigenvalue weighted by Crippen LogP contribution is 2.28. The zero-order valence-corrected chi connectivity index (χ0v) is 19.7. The highest BCUT2D eigenvalue weighted by Gasteiger charge is 2.24. The van der Waals surface area contributed by atoms with Gasteiger partial charge in [0.1, 0.15) is 11.3 Å². The van der Waals surface area contributed by atoms with Gasteiger partial charge in [0.2, 0.25) is 10.0 Å². The topological polar surface area (TPSA) is 90.0 Å². The number of benzene rings is 3. The van der Waals surface area contributed by atoms with Crippen LogP contribution in [0.1, 0.15) is 47.4 Å². The van der Waals surface area contributed by atoms with Gasteiger partial charge in [-0.2, -0.15) is 4.31 Å². The van der Waals surface area contributed by atoms with E-state index in [1.807, 2.05) is 38.1 Å². The van der Waals surface area contributed by atoms with Crippen molar-refractivity contribution in [1.29, 1.82) is 0 Å². The van der Waals surface area contributed by atoms with Gasteiger partial charge in [-0.3, -0.25) is 0 Å². The van der Waals surface area contributed by atoms with Crippen LogP contribution < -0.4 is 4.74 Å². The Balaban J connectivity index is 1.88. The lowest BCUT2D eigenvalue weighted by Gasteiger charge is -2.21. The van der Waals surface area contributed by atoms with Crippen LogP contribution in [0.2, 0.25) is 0 Å². The molecule has 7 nitrogen and oxygen atoms in total. The lowest BCUT2D eigenvalue weighted by Crippen LogP contribution is -2.32. The number of hydrogen-bond acceptors (Lipinski definition) is 6. The largest absolute Gasteiger partial charge is 0.465 e. The molecule has 0 N–H and O–H groups in total. The molecule has 0 bridgehead atoms. The number of sulfonamides is 1. The van der Waals surface area contributed by atoms with Crippen molar-refractivity contribution in [3.05, 3.63) is 71.8 Å². The van der Waals surface area contributed by atoms with E-state index in [0.717, 1.165) is 10.8 Å². The fourth-order valence-electron chi connectivity index (χ4n) is 3.50. The zero-order chi connectivity index (χ0) is 24.0. The minimum atomic E-state index is -3.65. The van der Waals surface area contributed by atoms with E-state index in [-0.39, 0.29) is 21.8 Å². The number of nitrogens with zero attached hydrogens (tertiary/aromatic N) is 1. The van der Waals surface area contributed by atoms with Crippen LogP contribution in [0.4, 0.5) is 0 Å². The van der Waals surface area contributed by atoms with Gasteiger partial charge in [0.25, 0.3) is 0 Å². The quantitative estimate of drug-likeness (QED) is 0.335. The summed E-state index contributed by atoms with van der Waals surface area (Å²) in [5.74, 6) is -1.27. The van der Waals surface area contributed by atoms with Gasteiger partial charge in [-0.05, 0) is 60.0 Å². The molecule has 0 unspecified atom stereocenters. The molecule has 0 aromatic heterocycles. The highest BCUT2D eigenvalue weighted by molar-refractivity contribution is 7.89. The highest BCUT2D eigenvalue weighted by atomic mass is 32.2. The van der Waals surface area contributed by atoms with Gasteiger partial charge < -0.3 is 9.47 Å². The molecule has 0 aliphatic carbocycles. The molecule has 0 amide bonds. The van der Waals surface area contributed by atoms with Crippen molar-refractivity contribution in [3.8, 4) is 5.75 Å². The Kier molecular flexibility index (Phi) is 7.84. The van der Waals surface area contributed by atoms with Crippen LogP contribution in [0.25, 0.3) is 10.8 Å². The zero-order valence-electron chi connectivity index (χ0n) is 18.9. The average Bonchev–Trinajstić information content (AvgIpc) is 2.83. The summed E-state index contributed by atoms with van der Waals surface area (Å²) >= 11 is 0. The predicted octanol–water partition coefficient (Wildman–Crippen LogP) is 4.66. The molecule has 33 heavy (non-hydrogen) atoms. The molecule has 0 radical (unpaired) electrons. The molecule has 0 aliphatic heterocycles. The second kappa shape index (κ2) is 10.6. The molecule has 0 saturated carbocycles. The summed E-state index contributed by atoms with van der Waals surface area (Å²) in [6, 6.07) is 16.2. The average molecular weight is 470 g/mol. The van der Waals surface area contributed by atoms with Crippen molar-refractivity contribution < 1.29 is 27.5 Å². The summed E-state index contributed by atoms with van der Waals surface area (Å²) in [4.78, 5) is 25.1. The van der Waals surface area contributed by atoms with Crippen molar-refractivity contribution in [1.82, 2.24) is 4.31 Å². The fourth-order valence-corrected chi connectivity index (χ4v) is 5.12. The second-order valence-corrected chi connectivity index (χ2v) is 9.44. The molecule has 0 fully saturated rings. The SMILES string of the molecule is CCCN(CCC)S(=O)(=O)c1ccc(C(=O)Oc2cc3ccccc3cc2C(=O)OC)cc1. The smallest absolute Gasteiger partial charge is 0.343 e. The number of rotatable bonds is 9. The molecule has 0 saturated heterocycles. The van der Waals surface area contributed by atoms with Gasteiger partial charge in [-0.1, -0.05) is 38.1 Å². The molecule has 0 aliphatic rings. The summed E-state index contributed by atoms with van der Waals surface area (Å²) in [6.45, 7) is 4.70. The Hall–Kier alpha value is -3.23. The van der Waals surface area contributed by atoms with Crippen LogP contribution in [0.15, 0.2) is 65.6 Å². The van der Waals surface area contributed by atoms with Crippen molar-refractivity contribution in [3.63, 3.8) is 0 Å². The van der Waals surface area contributed by atoms with Crippen molar-refractivity contribution in [2.24, 2.45) is 0 Å². The van der Waals surface area contributed by atoms with E-state index in [0.29, 0.717) is 25.9 Å². The number of carbonyl (C=O) groups is 2. The van der Waals surface area contributed by atoms with Crippen LogP contribution in [-0.4, -0.2) is 44.9 Å². The summed E-state index contributed by atoms with van der Waals surface area (Å²) in [5.41, 5.74) is 0.286. The van der Waals surface area contributed by atoms with Crippen LogP contribution in [0.5, 0.6) is 5.75 Å². The van der Waals surface area contributed by atoms with E-state index >= 15 is 0 Å². The van der Waals surface area contributed by atoms with Gasteiger partial charge in [0.15, 0.2) is 0 Å². The number of esters is 2. The lowest BCUT2D eigenvalue weighted by atomic mass is 10.1. The molecule has 3 aromatic rings. The molecule has 8 heteroatoms. The Bertz CT molecular complexity index is 1250. The monoisotopic (exact) mass is 469 g/mol. The minimum Gasteiger partial charge on any atom is -0.465 e. The molecule has 0 atom stereocenters. The Morgan fingerprint density at radius 1 is 0.848 bits per heavy atom. The molecule has 0 spiro atoms. The van der Waals surface area contributed by atoms with Crippen molar-refractivity contribution >= 4 is 32.7 Å². The van der Waals surface area contributed by atoms with Gasteiger partial charge in [-0.15, -0.1) is 0 Å². The van der Waals surface area contributed by atoms with E-state index in [4.69, 9.17) is 9.47 Å². The third-order valence-corrected chi connectivity index (χ3v) is 7.04. The normalized spacial score (nSPS) is 11.5. The number of fused-ring (bicyclic) bond motifs is 1. The molecular weight excluding hydrogens is 442 g/mol. The van der Waals surface area contributed by atoms with Gasteiger partial charge in [-0.25, -0.2) is 18.0 Å². The third-order valence-electron chi connectivity index (χ3n) is 5.13. The summed E-state index contributed by atoms with van der Waals surface area (Å²) < 4.78 is 37.6. The van der Waals surface area contributed by atoms with E-state index in [9.17, 15) is 18.0 Å². The Labute approximate surface area is 194 Å². The van der Waals surface area contributed by atoms with Crippen LogP contribution in [0.3, 0.4) is 0 Å². The van der Waals surface area contributed by atoms with Gasteiger partial charge >= 0.3 is 11.9 Å². The molecule has 3 aromatic carbocycles. The molecule has 0 heterocycles. The first-order valence-corrected chi connectivity index (χ1v) is 12.2. The van der Waals surface area contributed by atoms with Gasteiger partial charge in [0.05, 0.1) is 17.6 Å². The van der Waals surface area contributed by atoms with Gasteiger partial charge in [0, 0.05) is 13.1 Å². The number of ether oxygens (including phenoxy) is 2. The number of carbonyl (C=O) groups excluding carboxylic acids is 2. The summed E-state index contributed by atoms with van der Waals surface area (Å²) in [7, 11) is -2.40. The van der Waals surface area contributed by atoms with Crippen molar-refractivity contribution in [2.75, 3.05) is 20.2 Å². The third kappa shape index (κ3) is 5.40. The molecule has 174 valence electrons. The number of hydrogen-bond donors (Lipinski definition) is 0. The van der Waals surface area contributed by atoms with Crippen LogP contribution in [-0.2, 0) is 14.8 Å². The second-order valence-electron chi connectivity index (χ2n) is 7.51. The molecule has 3 rings (SSSR count). The lowest BCUT2D eigenvalue weighted by molar-refractivity contribution is 0.0593. The van der Waals surface area contributed by atoms with Crippen molar-refractivity contribution in [2.45, 2.75) is 31.6 Å². The Morgan fingerprint density at radius 3 is 1.97 bits per heavy atom. The summed E-state index contributed by atoms with van der Waals surface area (Å²) in [5, 5.41) is 1.59. The van der Waals surface area contributed by atoms with E-state index in [1.165, 1.54) is 35.7 Å². The molecular formula is C25H27NO6S. The first-order chi connectivity index (χ1) is 15.8. The van der Waals surface area contributed by atoms with E-state index in [1.54, 1.807) is 12.1 Å². The maximum absolute atomic E-state index is 12.9. The standard InChI is InChI=1S/C25H27NO6S/c1-4-14-26(15-5-2)33(29,30)21-12-10-18(11-13-21)24(27)32-23-17-20-9-7-6-8-19(20)16-22(23)25(28)31-3/h6-13,16-17H,4-5,14-15H2,1-3H3. The predicted molar refractivity (Wildman–Crippen MR) is 126 cm³/mol. The number of methoxy groups -OCH3 is 1. The van der Waals surface area contributed by atoms with Crippen LogP contribution in [0, 0.1) is 0 Å². The fraction of sp³-hybridized carbons (Fsp3) is 0.280. The minimum absolute atomic E-state index is 0.0688. The maximum atomic E-state index is 12.9. The maximum Gasteiger partial charge on any atom is 0.343 e. The first kappa shape index (κ1) is 24.4. The van der Waals surface area contributed by atoms with E-state index in [2.05, 4.69) is 0 Å².